The van der Waals surface area contributed by atoms with Crippen LogP contribution in [-0.2, 0) is 18.2 Å². The summed E-state index contributed by atoms with van der Waals surface area (Å²) < 4.78 is 52.7. The quantitative estimate of drug-likeness (QED) is 0.453. The van der Waals surface area contributed by atoms with Crippen LogP contribution < -0.4 is 0 Å². The molecule has 1 atom stereocenters. The number of oxazole rings is 1. The summed E-state index contributed by atoms with van der Waals surface area (Å²) in [7, 11) is 0. The Labute approximate surface area is 191 Å². The van der Waals surface area contributed by atoms with Crippen molar-refractivity contribution in [3.05, 3.63) is 70.6 Å². The van der Waals surface area contributed by atoms with Crippen molar-refractivity contribution in [3.63, 3.8) is 0 Å². The SMILES string of the molecule is Cc1c([C@@H]2c3nc[nH]c3CCN2C(=O)c2oc(C(C)(C)O)nc2C(F)(F)F)oc2ccccc12. The molecule has 1 aromatic carbocycles. The number of amides is 1. The van der Waals surface area contributed by atoms with Crippen molar-refractivity contribution in [2.24, 2.45) is 0 Å². The number of hydrogen-bond acceptors (Lipinski definition) is 6. The Morgan fingerprint density at radius 1 is 1.24 bits per heavy atom. The molecule has 0 spiro atoms. The number of halogens is 3. The topological polar surface area (TPSA) is 108 Å². The average molecular weight is 474 g/mol. The van der Waals surface area contributed by atoms with Gasteiger partial charge in [0.1, 0.15) is 23.0 Å². The third kappa shape index (κ3) is 3.47. The maximum atomic E-state index is 13.8. The van der Waals surface area contributed by atoms with E-state index in [0.29, 0.717) is 23.5 Å². The Balaban J connectivity index is 1.67. The molecule has 0 aliphatic carbocycles. The second kappa shape index (κ2) is 7.45. The molecule has 0 bridgehead atoms. The molecule has 1 aliphatic heterocycles. The van der Waals surface area contributed by atoms with E-state index >= 15 is 0 Å². The summed E-state index contributed by atoms with van der Waals surface area (Å²) in [5.74, 6) is -2.20. The number of fused-ring (bicyclic) bond motifs is 2. The predicted octanol–water partition coefficient (Wildman–Crippen LogP) is 4.49. The zero-order chi connectivity index (χ0) is 24.4. The van der Waals surface area contributed by atoms with Crippen LogP contribution in [0.15, 0.2) is 39.4 Å². The number of para-hydroxylation sites is 1. The first-order valence-electron chi connectivity index (χ1n) is 10.6. The highest BCUT2D eigenvalue weighted by Crippen LogP contribution is 2.41. The first-order valence-corrected chi connectivity index (χ1v) is 10.6. The number of aromatic nitrogens is 3. The number of hydrogen-bond donors (Lipinski definition) is 2. The number of nitrogens with zero attached hydrogens (tertiary/aromatic N) is 3. The Morgan fingerprint density at radius 3 is 2.65 bits per heavy atom. The molecule has 3 aromatic heterocycles. The number of aliphatic hydroxyl groups is 1. The van der Waals surface area contributed by atoms with Crippen molar-refractivity contribution in [3.8, 4) is 0 Å². The van der Waals surface area contributed by atoms with Crippen LogP contribution in [-0.4, -0.2) is 37.4 Å². The summed E-state index contributed by atoms with van der Waals surface area (Å²) in [6.45, 7) is 4.37. The van der Waals surface area contributed by atoms with Gasteiger partial charge in [-0.2, -0.15) is 13.2 Å². The summed E-state index contributed by atoms with van der Waals surface area (Å²) in [6.07, 6.45) is -3.13. The van der Waals surface area contributed by atoms with E-state index in [4.69, 9.17) is 8.83 Å². The summed E-state index contributed by atoms with van der Waals surface area (Å²) >= 11 is 0. The molecule has 11 heteroatoms. The van der Waals surface area contributed by atoms with Gasteiger partial charge in [-0.25, -0.2) is 9.97 Å². The number of carbonyl (C=O) groups excluding carboxylic acids is 1. The lowest BCUT2D eigenvalue weighted by Gasteiger charge is -2.33. The summed E-state index contributed by atoms with van der Waals surface area (Å²) in [5.41, 5.74) is -0.713. The molecule has 5 rings (SSSR count). The van der Waals surface area contributed by atoms with Crippen LogP contribution in [0, 0.1) is 6.92 Å². The van der Waals surface area contributed by atoms with Gasteiger partial charge in [0.2, 0.25) is 11.7 Å². The maximum Gasteiger partial charge on any atom is 0.437 e. The molecular formula is C23H21F3N4O4. The Bertz CT molecular complexity index is 1390. The first kappa shape index (κ1) is 22.2. The van der Waals surface area contributed by atoms with Crippen LogP contribution >= 0.6 is 0 Å². The molecule has 0 saturated carbocycles. The van der Waals surface area contributed by atoms with Crippen molar-refractivity contribution in [1.29, 1.82) is 0 Å². The second-order valence-corrected chi connectivity index (χ2v) is 8.76. The number of rotatable bonds is 3. The van der Waals surface area contributed by atoms with Crippen LogP contribution in [0.1, 0.15) is 64.7 Å². The van der Waals surface area contributed by atoms with Crippen molar-refractivity contribution in [2.45, 2.75) is 45.0 Å². The standard InChI is InChI=1S/C23H21F3N4O4/c1-11-12-6-4-5-7-14(12)33-17(11)16-15-13(27-10-28-15)8-9-30(16)20(31)18-19(23(24,25)26)29-21(34-18)22(2,3)32/h4-7,10,16,32H,8-9H2,1-3H3,(H,27,28)/t16-/m0/s1. The van der Waals surface area contributed by atoms with Crippen LogP contribution in [0.25, 0.3) is 11.0 Å². The maximum absolute atomic E-state index is 13.8. The van der Waals surface area contributed by atoms with E-state index in [1.165, 1.54) is 25.1 Å². The molecule has 0 radical (unpaired) electrons. The summed E-state index contributed by atoms with van der Waals surface area (Å²) in [4.78, 5) is 25.6. The molecule has 1 amide bonds. The van der Waals surface area contributed by atoms with Crippen LogP contribution in [0.5, 0.6) is 0 Å². The number of furan rings is 1. The fraction of sp³-hybridized carbons (Fsp3) is 0.348. The third-order valence-corrected chi connectivity index (χ3v) is 5.93. The molecule has 0 unspecified atom stereocenters. The second-order valence-electron chi connectivity index (χ2n) is 8.76. The monoisotopic (exact) mass is 474 g/mol. The zero-order valence-corrected chi connectivity index (χ0v) is 18.5. The number of imidazole rings is 1. The minimum Gasteiger partial charge on any atom is -0.458 e. The van der Waals surface area contributed by atoms with Crippen molar-refractivity contribution in [2.75, 3.05) is 6.54 Å². The predicted molar refractivity (Wildman–Crippen MR) is 113 cm³/mol. The lowest BCUT2D eigenvalue weighted by Crippen LogP contribution is -2.41. The van der Waals surface area contributed by atoms with Gasteiger partial charge in [0.15, 0.2) is 5.69 Å². The van der Waals surface area contributed by atoms with Crippen LogP contribution in [0.2, 0.25) is 0 Å². The van der Waals surface area contributed by atoms with Gasteiger partial charge >= 0.3 is 6.18 Å². The van der Waals surface area contributed by atoms with E-state index in [1.807, 2.05) is 19.1 Å². The number of aryl methyl sites for hydroxylation is 1. The number of carbonyl (C=O) groups is 1. The average Bonchev–Trinajstić information content (AvgIpc) is 3.49. The van der Waals surface area contributed by atoms with Gasteiger partial charge in [-0.3, -0.25) is 4.79 Å². The Hall–Kier alpha value is -3.60. The number of aromatic amines is 1. The molecule has 4 heterocycles. The highest BCUT2D eigenvalue weighted by molar-refractivity contribution is 5.94. The number of nitrogens with one attached hydrogen (secondary N) is 1. The van der Waals surface area contributed by atoms with Gasteiger partial charge in [0, 0.05) is 29.6 Å². The molecule has 4 aromatic rings. The van der Waals surface area contributed by atoms with Crippen molar-refractivity contribution < 1.29 is 31.9 Å². The highest BCUT2D eigenvalue weighted by Gasteiger charge is 2.46. The number of benzene rings is 1. The van der Waals surface area contributed by atoms with Crippen LogP contribution in [0.4, 0.5) is 13.2 Å². The van der Waals surface area contributed by atoms with E-state index in [9.17, 15) is 23.1 Å². The third-order valence-electron chi connectivity index (χ3n) is 5.93. The molecular weight excluding hydrogens is 453 g/mol. The van der Waals surface area contributed by atoms with E-state index in [-0.39, 0.29) is 6.54 Å². The largest absolute Gasteiger partial charge is 0.458 e. The molecule has 178 valence electrons. The van der Waals surface area contributed by atoms with E-state index < -0.39 is 41.1 Å². The lowest BCUT2D eigenvalue weighted by molar-refractivity contribution is -0.141. The molecule has 0 saturated heterocycles. The van der Waals surface area contributed by atoms with Crippen molar-refractivity contribution in [1.82, 2.24) is 19.9 Å². The number of alkyl halides is 3. The normalized spacial score (nSPS) is 16.8. The minimum absolute atomic E-state index is 0.0883. The fourth-order valence-corrected chi connectivity index (χ4v) is 4.26. The van der Waals surface area contributed by atoms with Crippen LogP contribution in [0.3, 0.4) is 0 Å². The van der Waals surface area contributed by atoms with Gasteiger partial charge in [-0.05, 0) is 26.8 Å². The van der Waals surface area contributed by atoms with Gasteiger partial charge in [0.05, 0.1) is 12.0 Å². The molecule has 1 aliphatic rings. The number of H-pyrrole nitrogens is 1. The molecule has 2 N–H and O–H groups in total. The van der Waals surface area contributed by atoms with E-state index in [0.717, 1.165) is 16.6 Å². The Morgan fingerprint density at radius 2 is 1.97 bits per heavy atom. The molecule has 34 heavy (non-hydrogen) atoms. The summed E-state index contributed by atoms with van der Waals surface area (Å²) in [5, 5.41) is 11.0. The fourth-order valence-electron chi connectivity index (χ4n) is 4.26. The Kier molecular flexibility index (Phi) is 4.87. The van der Waals surface area contributed by atoms with Gasteiger partial charge in [-0.15, -0.1) is 0 Å². The van der Waals surface area contributed by atoms with E-state index in [1.54, 1.807) is 12.1 Å². The summed E-state index contributed by atoms with van der Waals surface area (Å²) in [6, 6.07) is 6.42. The minimum atomic E-state index is -4.96. The lowest BCUT2D eigenvalue weighted by atomic mass is 9.97. The zero-order valence-electron chi connectivity index (χ0n) is 18.5. The first-order chi connectivity index (χ1) is 16.0. The van der Waals surface area contributed by atoms with Gasteiger partial charge in [0.25, 0.3) is 5.91 Å². The molecule has 8 nitrogen and oxygen atoms in total. The van der Waals surface area contributed by atoms with Crippen molar-refractivity contribution >= 4 is 16.9 Å². The van der Waals surface area contributed by atoms with Gasteiger partial charge < -0.3 is 23.8 Å². The molecule has 0 fully saturated rings. The van der Waals surface area contributed by atoms with Gasteiger partial charge in [-0.1, -0.05) is 18.2 Å². The van der Waals surface area contributed by atoms with E-state index in [2.05, 4.69) is 15.0 Å². The highest BCUT2D eigenvalue weighted by atomic mass is 19.4. The smallest absolute Gasteiger partial charge is 0.437 e.